The fourth-order valence-electron chi connectivity index (χ4n) is 2.78. The van der Waals surface area contributed by atoms with Crippen molar-refractivity contribution in [1.29, 1.82) is 0 Å². The highest BCUT2D eigenvalue weighted by Crippen LogP contribution is 2.22. The molecule has 2 aromatic carbocycles. The van der Waals surface area contributed by atoms with Gasteiger partial charge in [0.05, 0.1) is 23.1 Å². The molecule has 0 spiro atoms. The van der Waals surface area contributed by atoms with Crippen LogP contribution in [-0.4, -0.2) is 27.4 Å². The van der Waals surface area contributed by atoms with E-state index in [0.29, 0.717) is 17.4 Å². The third kappa shape index (κ3) is 3.22. The van der Waals surface area contributed by atoms with Crippen LogP contribution >= 0.6 is 11.6 Å². The predicted molar refractivity (Wildman–Crippen MR) is 92.6 cm³/mol. The third-order valence-corrected chi connectivity index (χ3v) is 4.25. The van der Waals surface area contributed by atoms with Gasteiger partial charge in [0.25, 0.3) is 5.91 Å². The van der Waals surface area contributed by atoms with Gasteiger partial charge in [0.15, 0.2) is 11.6 Å². The minimum absolute atomic E-state index is 0.162. The first-order valence-corrected chi connectivity index (χ1v) is 8.14. The SMILES string of the molecule is CCn1c(CN(C)C(=O)c2cccc(F)c2F)nc2ccc(Cl)cc21. The number of benzene rings is 2. The van der Waals surface area contributed by atoms with Gasteiger partial charge in [-0.2, -0.15) is 0 Å². The van der Waals surface area contributed by atoms with Crippen LogP contribution in [0.3, 0.4) is 0 Å². The summed E-state index contributed by atoms with van der Waals surface area (Å²) in [5.41, 5.74) is 1.33. The zero-order valence-electron chi connectivity index (χ0n) is 13.8. The molecule has 0 fully saturated rings. The van der Waals surface area contributed by atoms with Crippen molar-refractivity contribution in [2.24, 2.45) is 0 Å². The molecule has 0 radical (unpaired) electrons. The first-order valence-electron chi connectivity index (χ1n) is 7.76. The van der Waals surface area contributed by atoms with Crippen molar-refractivity contribution in [1.82, 2.24) is 14.5 Å². The predicted octanol–water partition coefficient (Wildman–Crippen LogP) is 4.26. The molecule has 3 rings (SSSR count). The number of hydrogen-bond donors (Lipinski definition) is 0. The molecule has 0 aliphatic rings. The Morgan fingerprint density at radius 3 is 2.76 bits per heavy atom. The van der Waals surface area contributed by atoms with E-state index in [1.165, 1.54) is 24.1 Å². The van der Waals surface area contributed by atoms with Gasteiger partial charge in [-0.3, -0.25) is 4.79 Å². The summed E-state index contributed by atoms with van der Waals surface area (Å²) in [6.45, 7) is 2.76. The average Bonchev–Trinajstić information content (AvgIpc) is 2.92. The van der Waals surface area contributed by atoms with E-state index in [0.717, 1.165) is 17.1 Å². The van der Waals surface area contributed by atoms with Gasteiger partial charge in [-0.25, -0.2) is 13.8 Å². The molecule has 3 aromatic rings. The molecule has 4 nitrogen and oxygen atoms in total. The number of nitrogens with zero attached hydrogens (tertiary/aromatic N) is 3. The van der Waals surface area contributed by atoms with Gasteiger partial charge in [0.2, 0.25) is 0 Å². The molecular weight excluding hydrogens is 348 g/mol. The van der Waals surface area contributed by atoms with Gasteiger partial charge >= 0.3 is 0 Å². The Labute approximate surface area is 148 Å². The molecule has 0 aliphatic carbocycles. The van der Waals surface area contributed by atoms with E-state index in [2.05, 4.69) is 4.98 Å². The quantitative estimate of drug-likeness (QED) is 0.694. The Kier molecular flexibility index (Phi) is 4.72. The molecule has 1 amide bonds. The molecule has 0 unspecified atom stereocenters. The fourth-order valence-corrected chi connectivity index (χ4v) is 2.94. The minimum Gasteiger partial charge on any atom is -0.334 e. The van der Waals surface area contributed by atoms with Gasteiger partial charge in [0, 0.05) is 18.6 Å². The van der Waals surface area contributed by atoms with Crippen LogP contribution in [0.1, 0.15) is 23.1 Å². The monoisotopic (exact) mass is 363 g/mol. The maximum atomic E-state index is 13.9. The molecule has 1 aromatic heterocycles. The number of amides is 1. The zero-order valence-corrected chi connectivity index (χ0v) is 14.5. The number of aromatic nitrogens is 2. The number of imidazole rings is 1. The summed E-state index contributed by atoms with van der Waals surface area (Å²) in [5.74, 6) is -2.15. The zero-order chi connectivity index (χ0) is 18.1. The van der Waals surface area contributed by atoms with Crippen molar-refractivity contribution in [3.05, 3.63) is 64.4 Å². The Morgan fingerprint density at radius 2 is 2.04 bits per heavy atom. The van der Waals surface area contributed by atoms with Crippen molar-refractivity contribution >= 4 is 28.5 Å². The number of carbonyl (C=O) groups excluding carboxylic acids is 1. The molecule has 130 valence electrons. The van der Waals surface area contributed by atoms with Crippen molar-refractivity contribution < 1.29 is 13.6 Å². The number of hydrogen-bond acceptors (Lipinski definition) is 2. The van der Waals surface area contributed by atoms with Crippen LogP contribution in [0.25, 0.3) is 11.0 Å². The van der Waals surface area contributed by atoms with E-state index in [-0.39, 0.29) is 12.1 Å². The number of fused-ring (bicyclic) bond motifs is 1. The highest BCUT2D eigenvalue weighted by atomic mass is 35.5. The lowest BCUT2D eigenvalue weighted by Crippen LogP contribution is -2.28. The second-order valence-corrected chi connectivity index (χ2v) is 6.10. The summed E-state index contributed by atoms with van der Waals surface area (Å²) in [4.78, 5) is 18.3. The smallest absolute Gasteiger partial charge is 0.257 e. The maximum Gasteiger partial charge on any atom is 0.257 e. The number of carbonyl (C=O) groups is 1. The second kappa shape index (κ2) is 6.80. The van der Waals surface area contributed by atoms with E-state index in [1.54, 1.807) is 12.1 Å². The Hall–Kier alpha value is -2.47. The minimum atomic E-state index is -1.14. The molecule has 0 saturated heterocycles. The van der Waals surface area contributed by atoms with E-state index in [1.807, 2.05) is 17.6 Å². The maximum absolute atomic E-state index is 13.9. The highest BCUT2D eigenvalue weighted by Gasteiger charge is 2.21. The van der Waals surface area contributed by atoms with Gasteiger partial charge in [-0.15, -0.1) is 0 Å². The number of aryl methyl sites for hydroxylation is 1. The van der Waals surface area contributed by atoms with Crippen molar-refractivity contribution in [3.8, 4) is 0 Å². The molecule has 7 heteroatoms. The first kappa shape index (κ1) is 17.4. The summed E-state index contributed by atoms with van der Waals surface area (Å²) in [5, 5.41) is 0.597. The summed E-state index contributed by atoms with van der Waals surface area (Å²) < 4.78 is 29.1. The van der Waals surface area contributed by atoms with E-state index < -0.39 is 17.5 Å². The molecule has 0 N–H and O–H groups in total. The summed E-state index contributed by atoms with van der Waals surface area (Å²) in [6.07, 6.45) is 0. The largest absolute Gasteiger partial charge is 0.334 e. The normalized spacial score (nSPS) is 11.1. The molecule has 0 atom stereocenters. The third-order valence-electron chi connectivity index (χ3n) is 4.01. The Bertz CT molecular complexity index is 955. The standard InChI is InChI=1S/C18H16ClF2N3O/c1-3-24-15-9-11(19)7-8-14(15)22-16(24)10-23(2)18(25)12-5-4-6-13(20)17(12)21/h4-9H,3,10H2,1-2H3. The van der Waals surface area contributed by atoms with E-state index >= 15 is 0 Å². The van der Waals surface area contributed by atoms with Crippen LogP contribution in [0.2, 0.25) is 5.02 Å². The lowest BCUT2D eigenvalue weighted by atomic mass is 10.2. The van der Waals surface area contributed by atoms with Crippen LogP contribution in [0.15, 0.2) is 36.4 Å². The molecular formula is C18H16ClF2N3O. The number of halogens is 3. The van der Waals surface area contributed by atoms with Gasteiger partial charge < -0.3 is 9.47 Å². The van der Waals surface area contributed by atoms with Crippen LogP contribution in [0, 0.1) is 11.6 Å². The van der Waals surface area contributed by atoms with E-state index in [9.17, 15) is 13.6 Å². The van der Waals surface area contributed by atoms with E-state index in [4.69, 9.17) is 11.6 Å². The summed E-state index contributed by atoms with van der Waals surface area (Å²) >= 11 is 6.04. The van der Waals surface area contributed by atoms with Gasteiger partial charge in [-0.1, -0.05) is 17.7 Å². The summed E-state index contributed by atoms with van der Waals surface area (Å²) in [7, 11) is 1.53. The Balaban J connectivity index is 1.92. The Morgan fingerprint density at radius 1 is 1.28 bits per heavy atom. The van der Waals surface area contributed by atoms with Crippen molar-refractivity contribution in [2.45, 2.75) is 20.0 Å². The number of rotatable bonds is 4. The molecule has 0 saturated carbocycles. The molecule has 0 aliphatic heterocycles. The highest BCUT2D eigenvalue weighted by molar-refractivity contribution is 6.31. The van der Waals surface area contributed by atoms with Crippen molar-refractivity contribution in [2.75, 3.05) is 7.05 Å². The lowest BCUT2D eigenvalue weighted by Gasteiger charge is -2.18. The van der Waals surface area contributed by atoms with Gasteiger partial charge in [0.1, 0.15) is 5.82 Å². The van der Waals surface area contributed by atoms with Gasteiger partial charge in [-0.05, 0) is 37.3 Å². The van der Waals surface area contributed by atoms with Crippen LogP contribution in [-0.2, 0) is 13.1 Å². The summed E-state index contributed by atoms with van der Waals surface area (Å²) in [6, 6.07) is 8.92. The van der Waals surface area contributed by atoms with Crippen LogP contribution < -0.4 is 0 Å². The van der Waals surface area contributed by atoms with Crippen molar-refractivity contribution in [3.63, 3.8) is 0 Å². The second-order valence-electron chi connectivity index (χ2n) is 5.67. The average molecular weight is 364 g/mol. The molecule has 0 bridgehead atoms. The van der Waals surface area contributed by atoms with Crippen LogP contribution in [0.5, 0.6) is 0 Å². The molecule has 25 heavy (non-hydrogen) atoms. The molecule has 1 heterocycles. The van der Waals surface area contributed by atoms with Crippen LogP contribution in [0.4, 0.5) is 8.78 Å². The first-order chi connectivity index (χ1) is 11.9. The fraction of sp³-hybridized carbons (Fsp3) is 0.222. The lowest BCUT2D eigenvalue weighted by molar-refractivity contribution is 0.0774. The topological polar surface area (TPSA) is 38.1 Å².